The van der Waals surface area contributed by atoms with Gasteiger partial charge in [-0.2, -0.15) is 0 Å². The van der Waals surface area contributed by atoms with Gasteiger partial charge in [-0.05, 0) is 82.6 Å². The van der Waals surface area contributed by atoms with E-state index in [1.165, 1.54) is 50.1 Å². The quantitative estimate of drug-likeness (QED) is 0.207. The topological polar surface area (TPSA) is 6.48 Å². The molecule has 43 heavy (non-hydrogen) atoms. The normalized spacial score (nSPS) is 16.4. The number of rotatable bonds is 6. The van der Waals surface area contributed by atoms with Crippen molar-refractivity contribution >= 4 is 45.7 Å². The van der Waals surface area contributed by atoms with Gasteiger partial charge in [0.15, 0.2) is 0 Å². The van der Waals surface area contributed by atoms with Crippen molar-refractivity contribution in [2.24, 2.45) is 0 Å². The number of para-hydroxylation sites is 3. The van der Waals surface area contributed by atoms with Crippen LogP contribution in [0.15, 0.2) is 163 Å². The van der Waals surface area contributed by atoms with Gasteiger partial charge in [-0.3, -0.25) is 0 Å². The van der Waals surface area contributed by atoms with E-state index in [1.54, 1.807) is 0 Å². The zero-order valence-corrected chi connectivity index (χ0v) is 24.0. The second kappa shape index (κ2) is 10.8. The minimum atomic E-state index is 0.258. The molecule has 0 N–H and O–H groups in total. The van der Waals surface area contributed by atoms with Crippen LogP contribution in [-0.4, -0.2) is 6.04 Å². The molecule has 3 aliphatic rings. The molecule has 206 valence electrons. The Kier molecular flexibility index (Phi) is 6.38. The molecule has 1 unspecified atom stereocenters. The van der Waals surface area contributed by atoms with Gasteiger partial charge in [0.2, 0.25) is 0 Å². The molecule has 0 heterocycles. The molecule has 1 atom stereocenters. The van der Waals surface area contributed by atoms with Gasteiger partial charge in [0.25, 0.3) is 0 Å². The SMILES string of the molecule is C1=CCC(N(c2ccccc2)c2ccc3c4c5c(ccc24)C=CC(N(c2ccccc2)c2ccccc2)=C(C=C3)C5)C=C1. The summed E-state index contributed by atoms with van der Waals surface area (Å²) in [6.45, 7) is 0. The highest BCUT2D eigenvalue weighted by Crippen LogP contribution is 2.44. The average molecular weight is 553 g/mol. The van der Waals surface area contributed by atoms with Gasteiger partial charge in [-0.25, -0.2) is 0 Å². The summed E-state index contributed by atoms with van der Waals surface area (Å²) >= 11 is 0. The minimum absolute atomic E-state index is 0.258. The van der Waals surface area contributed by atoms with Crippen molar-refractivity contribution < 1.29 is 0 Å². The van der Waals surface area contributed by atoms with Crippen molar-refractivity contribution in [3.63, 3.8) is 0 Å². The highest BCUT2D eigenvalue weighted by atomic mass is 15.2. The molecular formula is C41H32N2. The largest absolute Gasteiger partial charge is 0.334 e. The maximum absolute atomic E-state index is 2.52. The molecule has 0 aromatic heterocycles. The van der Waals surface area contributed by atoms with Crippen LogP contribution in [0.2, 0.25) is 0 Å². The van der Waals surface area contributed by atoms with Gasteiger partial charge in [0.05, 0.1) is 6.04 Å². The average Bonchev–Trinajstić information content (AvgIpc) is 3.39. The standard InChI is InChI=1S/C41H32N2/c1-5-13-33(14-6-1)42(34-15-7-2-8-16-34)39-27-24-30-23-26-37-40(28-25-31-21-22-32(39)29-38(30)41(31)37)43(35-17-9-3-10-18-35)36-19-11-4-12-20-36/h1-19,21-28,36H,20,29H2. The lowest BCUT2D eigenvalue weighted by Crippen LogP contribution is -2.30. The predicted octanol–water partition coefficient (Wildman–Crippen LogP) is 10.6. The molecule has 0 aliphatic heterocycles. The fourth-order valence-corrected chi connectivity index (χ4v) is 6.79. The molecular weight excluding hydrogens is 520 g/mol. The fourth-order valence-electron chi connectivity index (χ4n) is 6.79. The van der Waals surface area contributed by atoms with Gasteiger partial charge < -0.3 is 9.80 Å². The van der Waals surface area contributed by atoms with E-state index in [-0.39, 0.29) is 6.04 Å². The van der Waals surface area contributed by atoms with Crippen LogP contribution in [0.5, 0.6) is 0 Å². The molecule has 0 radical (unpaired) electrons. The lowest BCUT2D eigenvalue weighted by Gasteiger charge is -2.34. The van der Waals surface area contributed by atoms with Crippen LogP contribution in [-0.2, 0) is 6.42 Å². The Morgan fingerprint density at radius 1 is 0.558 bits per heavy atom. The van der Waals surface area contributed by atoms with Crippen LogP contribution in [0.1, 0.15) is 23.1 Å². The second-order valence-electron chi connectivity index (χ2n) is 11.3. The smallest absolute Gasteiger partial charge is 0.0560 e. The highest BCUT2D eigenvalue weighted by molar-refractivity contribution is 6.05. The molecule has 3 aliphatic carbocycles. The summed E-state index contributed by atoms with van der Waals surface area (Å²) in [4.78, 5) is 4.90. The zero-order chi connectivity index (χ0) is 28.6. The van der Waals surface area contributed by atoms with Gasteiger partial charge >= 0.3 is 0 Å². The highest BCUT2D eigenvalue weighted by Gasteiger charge is 2.26. The second-order valence-corrected chi connectivity index (χ2v) is 11.3. The summed E-state index contributed by atoms with van der Waals surface area (Å²) in [5.41, 5.74) is 11.3. The first-order valence-electron chi connectivity index (χ1n) is 15.1. The molecule has 5 aromatic rings. The Labute approximate surface area is 253 Å². The summed E-state index contributed by atoms with van der Waals surface area (Å²) < 4.78 is 0. The van der Waals surface area contributed by atoms with Crippen LogP contribution in [0, 0.1) is 0 Å². The number of fused-ring (bicyclic) bond motifs is 1. The van der Waals surface area contributed by atoms with E-state index in [0.717, 1.165) is 24.2 Å². The number of nitrogens with zero attached hydrogens (tertiary/aromatic N) is 2. The maximum atomic E-state index is 2.52. The van der Waals surface area contributed by atoms with E-state index in [4.69, 9.17) is 0 Å². The lowest BCUT2D eigenvalue weighted by molar-refractivity contribution is 0.787. The zero-order valence-electron chi connectivity index (χ0n) is 24.0. The van der Waals surface area contributed by atoms with E-state index < -0.39 is 0 Å². The van der Waals surface area contributed by atoms with Gasteiger partial charge in [-0.1, -0.05) is 115 Å². The Morgan fingerprint density at radius 3 is 1.88 bits per heavy atom. The Balaban J connectivity index is 1.31. The number of allylic oxidation sites excluding steroid dienone is 5. The summed E-state index contributed by atoms with van der Waals surface area (Å²) in [6.07, 6.45) is 20.1. The molecule has 2 bridgehead atoms. The maximum Gasteiger partial charge on any atom is 0.0560 e. The third-order valence-electron chi connectivity index (χ3n) is 8.77. The van der Waals surface area contributed by atoms with Crippen LogP contribution in [0.25, 0.3) is 22.9 Å². The molecule has 0 spiro atoms. The van der Waals surface area contributed by atoms with Crippen LogP contribution in [0.3, 0.4) is 0 Å². The van der Waals surface area contributed by atoms with Crippen molar-refractivity contribution in [3.05, 3.63) is 180 Å². The van der Waals surface area contributed by atoms with Crippen molar-refractivity contribution in [2.45, 2.75) is 18.9 Å². The number of hydrogen-bond acceptors (Lipinski definition) is 2. The van der Waals surface area contributed by atoms with Gasteiger partial charge in [0, 0.05) is 40.3 Å². The number of anilines is 4. The number of hydrogen-bond donors (Lipinski definition) is 0. The number of benzene rings is 5. The Bertz CT molecular complexity index is 1920. The minimum Gasteiger partial charge on any atom is -0.334 e. The summed E-state index contributed by atoms with van der Waals surface area (Å²) in [6, 6.07) is 41.8. The third kappa shape index (κ3) is 4.52. The van der Waals surface area contributed by atoms with Gasteiger partial charge in [0.1, 0.15) is 0 Å². The third-order valence-corrected chi connectivity index (χ3v) is 8.77. The first-order valence-corrected chi connectivity index (χ1v) is 15.1. The van der Waals surface area contributed by atoms with Crippen LogP contribution in [0.4, 0.5) is 22.7 Å². The summed E-state index contributed by atoms with van der Waals surface area (Å²) in [5.74, 6) is 0. The van der Waals surface area contributed by atoms with Crippen molar-refractivity contribution in [1.82, 2.24) is 0 Å². The molecule has 2 nitrogen and oxygen atoms in total. The molecule has 0 amide bonds. The first-order chi connectivity index (χ1) is 21.3. The summed E-state index contributed by atoms with van der Waals surface area (Å²) in [5, 5.41) is 2.66. The van der Waals surface area contributed by atoms with Gasteiger partial charge in [-0.15, -0.1) is 0 Å². The summed E-state index contributed by atoms with van der Waals surface area (Å²) in [7, 11) is 0. The molecule has 2 heteroatoms. The molecule has 0 fully saturated rings. The van der Waals surface area contributed by atoms with Crippen LogP contribution < -0.4 is 9.80 Å². The predicted molar refractivity (Wildman–Crippen MR) is 183 cm³/mol. The molecule has 8 rings (SSSR count). The molecule has 0 saturated heterocycles. The van der Waals surface area contributed by atoms with E-state index in [9.17, 15) is 0 Å². The van der Waals surface area contributed by atoms with E-state index in [2.05, 4.69) is 174 Å². The molecule has 0 saturated carbocycles. The monoisotopic (exact) mass is 552 g/mol. The lowest BCUT2D eigenvalue weighted by atomic mass is 9.92. The van der Waals surface area contributed by atoms with Crippen molar-refractivity contribution in [2.75, 3.05) is 9.80 Å². The van der Waals surface area contributed by atoms with E-state index in [0.29, 0.717) is 0 Å². The fraction of sp³-hybridized carbons (Fsp3) is 0.0732. The van der Waals surface area contributed by atoms with Crippen molar-refractivity contribution in [1.29, 1.82) is 0 Å². The first kappa shape index (κ1) is 25.4. The van der Waals surface area contributed by atoms with Crippen LogP contribution >= 0.6 is 0 Å². The van der Waals surface area contributed by atoms with E-state index >= 15 is 0 Å². The van der Waals surface area contributed by atoms with Crippen molar-refractivity contribution in [3.8, 4) is 0 Å². The molecule has 5 aromatic carbocycles. The Morgan fingerprint density at radius 2 is 1.21 bits per heavy atom. The van der Waals surface area contributed by atoms with E-state index in [1.807, 2.05) is 0 Å². The Hall–Kier alpha value is -5.34.